The van der Waals surface area contributed by atoms with Gasteiger partial charge in [-0.15, -0.1) is 0 Å². The summed E-state index contributed by atoms with van der Waals surface area (Å²) in [4.78, 5) is 22.8. The van der Waals surface area contributed by atoms with Crippen molar-refractivity contribution in [2.24, 2.45) is 0 Å². The lowest BCUT2D eigenvalue weighted by atomic mass is 9.93. The van der Waals surface area contributed by atoms with Crippen molar-refractivity contribution < 1.29 is 24.2 Å². The van der Waals surface area contributed by atoms with Crippen LogP contribution in [0.3, 0.4) is 0 Å². The van der Waals surface area contributed by atoms with Crippen molar-refractivity contribution >= 4 is 27.7 Å². The van der Waals surface area contributed by atoms with Crippen molar-refractivity contribution in [3.8, 4) is 11.5 Å². The molecule has 5 nitrogen and oxygen atoms in total. The molecule has 0 aromatic heterocycles. The summed E-state index contributed by atoms with van der Waals surface area (Å²) in [6.07, 6.45) is 0. The molecule has 0 bridgehead atoms. The first-order valence-electron chi connectivity index (χ1n) is 5.83. The van der Waals surface area contributed by atoms with Gasteiger partial charge in [-0.1, -0.05) is 13.8 Å². The summed E-state index contributed by atoms with van der Waals surface area (Å²) >= 11 is 3.24. The first-order chi connectivity index (χ1) is 8.93. The predicted octanol–water partition coefficient (Wildman–Crippen LogP) is 2.61. The van der Waals surface area contributed by atoms with Crippen LogP contribution in [0.1, 0.15) is 35.7 Å². The van der Waals surface area contributed by atoms with E-state index in [1.54, 1.807) is 6.07 Å². The van der Waals surface area contributed by atoms with E-state index >= 15 is 0 Å². The third kappa shape index (κ3) is 2.45. The fraction of sp³-hybridized carbons (Fsp3) is 0.385. The fourth-order valence-electron chi connectivity index (χ4n) is 2.07. The number of Topliss-reactive ketones (excluding diaryl/α,β-unsaturated/α-hetero) is 1. The minimum Gasteiger partial charge on any atom is -0.486 e. The zero-order valence-electron chi connectivity index (χ0n) is 10.5. The van der Waals surface area contributed by atoms with Crippen LogP contribution in [0.15, 0.2) is 10.5 Å². The van der Waals surface area contributed by atoms with Crippen LogP contribution in [0.5, 0.6) is 11.5 Å². The largest absolute Gasteiger partial charge is 0.486 e. The summed E-state index contributed by atoms with van der Waals surface area (Å²) < 4.78 is 11.4. The van der Waals surface area contributed by atoms with Gasteiger partial charge in [-0.05, 0) is 27.9 Å². The molecule has 1 aromatic rings. The summed E-state index contributed by atoms with van der Waals surface area (Å²) in [6.45, 7) is 4.57. The lowest BCUT2D eigenvalue weighted by Crippen LogP contribution is -2.21. The molecule has 1 aliphatic rings. The van der Waals surface area contributed by atoms with Gasteiger partial charge in [-0.2, -0.15) is 0 Å². The number of benzene rings is 1. The zero-order valence-corrected chi connectivity index (χ0v) is 12.1. The summed E-state index contributed by atoms with van der Waals surface area (Å²) in [5, 5.41) is 8.93. The van der Waals surface area contributed by atoms with Gasteiger partial charge in [0.05, 0.1) is 5.56 Å². The number of aliphatic carboxylic acids is 1. The molecule has 6 heteroatoms. The Labute approximate surface area is 118 Å². The van der Waals surface area contributed by atoms with Gasteiger partial charge in [-0.3, -0.25) is 4.79 Å². The van der Waals surface area contributed by atoms with Crippen molar-refractivity contribution in [1.82, 2.24) is 0 Å². The van der Waals surface area contributed by atoms with Crippen molar-refractivity contribution in [1.29, 1.82) is 0 Å². The van der Waals surface area contributed by atoms with Gasteiger partial charge < -0.3 is 14.6 Å². The number of ether oxygens (including phenoxy) is 2. The molecule has 0 amide bonds. The Hall–Kier alpha value is -1.56. The summed E-state index contributed by atoms with van der Waals surface area (Å²) in [6, 6.07) is 1.58. The highest BCUT2D eigenvalue weighted by molar-refractivity contribution is 9.10. The van der Waals surface area contributed by atoms with E-state index in [1.165, 1.54) is 0 Å². The second-order valence-electron chi connectivity index (χ2n) is 4.46. The molecule has 1 heterocycles. The number of halogens is 1. The molecule has 0 radical (unpaired) electrons. The number of carboxylic acids is 1. The Morgan fingerprint density at radius 3 is 2.53 bits per heavy atom. The van der Waals surface area contributed by atoms with Crippen molar-refractivity contribution in [3.05, 3.63) is 21.7 Å². The van der Waals surface area contributed by atoms with Crippen LogP contribution in [-0.4, -0.2) is 30.1 Å². The Morgan fingerprint density at radius 2 is 1.95 bits per heavy atom. The molecular formula is C13H13BrO5. The Kier molecular flexibility index (Phi) is 3.80. The summed E-state index contributed by atoms with van der Waals surface area (Å²) in [5.74, 6) is -1.50. The molecule has 0 spiro atoms. The number of hydrogen-bond donors (Lipinski definition) is 1. The Bertz CT molecular complexity index is 550. The molecule has 0 aliphatic carbocycles. The number of fused-ring (bicyclic) bond motifs is 1. The molecule has 2 rings (SSSR count). The van der Waals surface area contributed by atoms with E-state index in [2.05, 4.69) is 15.9 Å². The van der Waals surface area contributed by atoms with Gasteiger partial charge in [0, 0.05) is 10.0 Å². The molecule has 0 unspecified atom stereocenters. The van der Waals surface area contributed by atoms with Gasteiger partial charge in [0.2, 0.25) is 0 Å². The van der Waals surface area contributed by atoms with Crippen molar-refractivity contribution in [2.45, 2.75) is 19.8 Å². The number of carbonyl (C=O) groups excluding carboxylic acids is 1. The number of hydrogen-bond acceptors (Lipinski definition) is 4. The normalized spacial score (nSPS) is 13.5. The molecule has 1 aliphatic heterocycles. The minimum atomic E-state index is -1.49. The van der Waals surface area contributed by atoms with Crippen molar-refractivity contribution in [2.75, 3.05) is 13.2 Å². The first-order valence-corrected chi connectivity index (χ1v) is 6.62. The number of carboxylic acid groups (broad SMARTS) is 1. The average molecular weight is 329 g/mol. The SMILES string of the molecule is CC(C)c1c2c(cc(Br)c1C(=O)C(=O)O)OCCO2. The monoisotopic (exact) mass is 328 g/mol. The molecular weight excluding hydrogens is 316 g/mol. The molecule has 19 heavy (non-hydrogen) atoms. The maximum Gasteiger partial charge on any atom is 0.377 e. The summed E-state index contributed by atoms with van der Waals surface area (Å²) in [5.41, 5.74) is 0.697. The molecule has 0 atom stereocenters. The predicted molar refractivity (Wildman–Crippen MR) is 71.2 cm³/mol. The van der Waals surface area contributed by atoms with Gasteiger partial charge in [-0.25, -0.2) is 4.79 Å². The van der Waals surface area contributed by atoms with Crippen LogP contribution < -0.4 is 9.47 Å². The van der Waals surface area contributed by atoms with Crippen LogP contribution in [0.2, 0.25) is 0 Å². The van der Waals surface area contributed by atoms with Crippen LogP contribution in [-0.2, 0) is 4.79 Å². The van der Waals surface area contributed by atoms with E-state index in [4.69, 9.17) is 14.6 Å². The number of carbonyl (C=O) groups is 2. The highest BCUT2D eigenvalue weighted by Crippen LogP contribution is 2.43. The quantitative estimate of drug-likeness (QED) is 0.682. The van der Waals surface area contributed by atoms with Gasteiger partial charge >= 0.3 is 5.97 Å². The smallest absolute Gasteiger partial charge is 0.377 e. The number of rotatable bonds is 3. The molecule has 102 valence electrons. The maximum atomic E-state index is 11.9. The molecule has 0 fully saturated rings. The summed E-state index contributed by atoms with van der Waals surface area (Å²) in [7, 11) is 0. The highest BCUT2D eigenvalue weighted by atomic mass is 79.9. The second-order valence-corrected chi connectivity index (χ2v) is 5.31. The second kappa shape index (κ2) is 5.21. The van der Waals surface area contributed by atoms with Crippen molar-refractivity contribution in [3.63, 3.8) is 0 Å². The Morgan fingerprint density at radius 1 is 1.32 bits per heavy atom. The van der Waals surface area contributed by atoms with Crippen LogP contribution in [0.4, 0.5) is 0 Å². The maximum absolute atomic E-state index is 11.9. The van der Waals surface area contributed by atoms with Crippen LogP contribution in [0, 0.1) is 0 Å². The number of ketones is 1. The third-order valence-corrected chi connectivity index (χ3v) is 3.45. The first kappa shape index (κ1) is 13.9. The van der Waals surface area contributed by atoms with E-state index in [-0.39, 0.29) is 11.5 Å². The van der Waals surface area contributed by atoms with E-state index < -0.39 is 11.8 Å². The van der Waals surface area contributed by atoms with Crippen LogP contribution in [0.25, 0.3) is 0 Å². The topological polar surface area (TPSA) is 72.8 Å². The van der Waals surface area contributed by atoms with Gasteiger partial charge in [0.25, 0.3) is 5.78 Å². The van der Waals surface area contributed by atoms with E-state index in [0.29, 0.717) is 34.7 Å². The Balaban J connectivity index is 2.71. The minimum absolute atomic E-state index is 0.0637. The van der Waals surface area contributed by atoms with Gasteiger partial charge in [0.1, 0.15) is 13.2 Å². The lowest BCUT2D eigenvalue weighted by molar-refractivity contribution is -0.131. The van der Waals surface area contributed by atoms with E-state index in [9.17, 15) is 9.59 Å². The zero-order chi connectivity index (χ0) is 14.2. The van der Waals surface area contributed by atoms with Gasteiger partial charge in [0.15, 0.2) is 11.5 Å². The molecule has 0 saturated carbocycles. The van der Waals surface area contributed by atoms with Crippen LogP contribution >= 0.6 is 15.9 Å². The van der Waals surface area contributed by atoms with E-state index in [1.807, 2.05) is 13.8 Å². The van der Waals surface area contributed by atoms with E-state index in [0.717, 1.165) is 0 Å². The molecule has 1 N–H and O–H groups in total. The standard InChI is InChI=1S/C13H13BrO5/c1-6(2)9-10(11(15)13(16)17)7(14)5-8-12(9)19-4-3-18-8/h5-6H,3-4H2,1-2H3,(H,16,17). The average Bonchev–Trinajstić information content (AvgIpc) is 2.35. The molecule has 0 saturated heterocycles. The fourth-order valence-corrected chi connectivity index (χ4v) is 2.67. The molecule has 1 aromatic carbocycles. The third-order valence-electron chi connectivity index (χ3n) is 2.82. The highest BCUT2D eigenvalue weighted by Gasteiger charge is 2.30. The lowest BCUT2D eigenvalue weighted by Gasteiger charge is -2.25.